The number of hydrogen-bond acceptors (Lipinski definition) is 5. The summed E-state index contributed by atoms with van der Waals surface area (Å²) in [5.74, 6) is -0.628. The number of nitro groups is 1. The summed E-state index contributed by atoms with van der Waals surface area (Å²) in [5, 5.41) is 11.2. The number of rotatable bonds is 2. The molecule has 0 N–H and O–H groups in total. The van der Waals surface area contributed by atoms with E-state index in [2.05, 4.69) is 15.9 Å². The highest BCUT2D eigenvalue weighted by Crippen LogP contribution is 2.33. The Balaban J connectivity index is 2.47. The fourth-order valence-electron chi connectivity index (χ4n) is 1.48. The molecule has 0 aliphatic carbocycles. The monoisotopic (exact) mass is 301 g/mol. The van der Waals surface area contributed by atoms with Crippen molar-refractivity contribution >= 4 is 27.6 Å². The van der Waals surface area contributed by atoms with Gasteiger partial charge in [-0.3, -0.25) is 10.1 Å². The van der Waals surface area contributed by atoms with Crippen molar-refractivity contribution in [3.8, 4) is 5.75 Å². The highest BCUT2D eigenvalue weighted by Gasteiger charge is 2.29. The van der Waals surface area contributed by atoms with Gasteiger partial charge in [-0.05, 0) is 6.07 Å². The maximum Gasteiger partial charge on any atom is 0.342 e. The predicted octanol–water partition coefficient (Wildman–Crippen LogP) is 1.91. The topological polar surface area (TPSA) is 78.7 Å². The van der Waals surface area contributed by atoms with Gasteiger partial charge in [-0.15, -0.1) is 0 Å². The van der Waals surface area contributed by atoms with E-state index in [-0.39, 0.29) is 23.6 Å². The van der Waals surface area contributed by atoms with Crippen LogP contribution >= 0.6 is 15.9 Å². The molecule has 1 unspecified atom stereocenters. The van der Waals surface area contributed by atoms with E-state index in [1.165, 1.54) is 18.2 Å². The molecule has 0 spiro atoms. The molecule has 1 aromatic carbocycles. The SMILES string of the molecule is O=C1OC(CBr)COc2c1cccc2[N+](=O)[O-]. The van der Waals surface area contributed by atoms with Gasteiger partial charge in [0.05, 0.1) is 4.92 Å². The molecule has 0 saturated carbocycles. The molecule has 1 atom stereocenters. The second-order valence-corrected chi connectivity index (χ2v) is 4.05. The minimum atomic E-state index is -0.606. The first kappa shape index (κ1) is 11.8. The van der Waals surface area contributed by atoms with E-state index in [4.69, 9.17) is 9.47 Å². The van der Waals surface area contributed by atoms with Crippen molar-refractivity contribution in [3.63, 3.8) is 0 Å². The molecule has 1 aliphatic heterocycles. The van der Waals surface area contributed by atoms with Crippen molar-refractivity contribution in [2.75, 3.05) is 11.9 Å². The van der Waals surface area contributed by atoms with Gasteiger partial charge in [0.1, 0.15) is 18.3 Å². The standard InChI is InChI=1S/C10H8BrNO5/c11-4-6-5-16-9-7(10(13)17-6)2-1-3-8(9)12(14)15/h1-3,6H,4-5H2. The minimum Gasteiger partial charge on any atom is -0.482 e. The van der Waals surface area contributed by atoms with E-state index < -0.39 is 17.0 Å². The van der Waals surface area contributed by atoms with Gasteiger partial charge in [-0.25, -0.2) is 4.79 Å². The van der Waals surface area contributed by atoms with Crippen LogP contribution in [0.1, 0.15) is 10.4 Å². The van der Waals surface area contributed by atoms with Crippen LogP contribution in [0.15, 0.2) is 18.2 Å². The average molecular weight is 302 g/mol. The van der Waals surface area contributed by atoms with Gasteiger partial charge in [0.25, 0.3) is 0 Å². The van der Waals surface area contributed by atoms with Gasteiger partial charge >= 0.3 is 11.7 Å². The van der Waals surface area contributed by atoms with E-state index in [1.807, 2.05) is 0 Å². The summed E-state index contributed by atoms with van der Waals surface area (Å²) in [6.07, 6.45) is -0.450. The zero-order chi connectivity index (χ0) is 12.4. The molecule has 0 aromatic heterocycles. The van der Waals surface area contributed by atoms with Crippen molar-refractivity contribution in [1.82, 2.24) is 0 Å². The summed E-state index contributed by atoms with van der Waals surface area (Å²) in [4.78, 5) is 21.9. The number of fused-ring (bicyclic) bond motifs is 1. The molecule has 0 saturated heterocycles. The molecular formula is C10H8BrNO5. The molecule has 0 radical (unpaired) electrons. The third-order valence-corrected chi connectivity index (χ3v) is 2.99. The second kappa shape index (κ2) is 4.70. The normalized spacial score (nSPS) is 18.6. The summed E-state index contributed by atoms with van der Waals surface area (Å²) in [5.41, 5.74) is -0.141. The lowest BCUT2D eigenvalue weighted by Crippen LogP contribution is -2.23. The zero-order valence-corrected chi connectivity index (χ0v) is 10.2. The number of alkyl halides is 1. The fourth-order valence-corrected chi connectivity index (χ4v) is 1.80. The Morgan fingerprint density at radius 3 is 2.94 bits per heavy atom. The fraction of sp³-hybridized carbons (Fsp3) is 0.300. The van der Waals surface area contributed by atoms with E-state index in [0.717, 1.165) is 0 Å². The third kappa shape index (κ3) is 2.23. The molecule has 1 aliphatic rings. The van der Waals surface area contributed by atoms with Crippen LogP contribution in [0.5, 0.6) is 5.75 Å². The lowest BCUT2D eigenvalue weighted by atomic mass is 10.2. The van der Waals surface area contributed by atoms with Crippen LogP contribution in [-0.2, 0) is 4.74 Å². The number of cyclic esters (lactones) is 1. The van der Waals surface area contributed by atoms with Crippen LogP contribution in [0.25, 0.3) is 0 Å². The summed E-state index contributed by atoms with van der Waals surface area (Å²) in [6, 6.07) is 4.16. The molecule has 1 aromatic rings. The molecule has 17 heavy (non-hydrogen) atoms. The van der Waals surface area contributed by atoms with Gasteiger partial charge in [0, 0.05) is 11.4 Å². The lowest BCUT2D eigenvalue weighted by molar-refractivity contribution is -0.385. The van der Waals surface area contributed by atoms with E-state index in [0.29, 0.717) is 5.33 Å². The van der Waals surface area contributed by atoms with E-state index in [9.17, 15) is 14.9 Å². The number of benzene rings is 1. The third-order valence-electron chi connectivity index (χ3n) is 2.27. The number of nitro benzene ring substituents is 1. The van der Waals surface area contributed by atoms with Crippen molar-refractivity contribution < 1.29 is 19.2 Å². The Hall–Kier alpha value is -1.63. The summed E-state index contributed by atoms with van der Waals surface area (Å²) >= 11 is 3.17. The van der Waals surface area contributed by atoms with E-state index in [1.54, 1.807) is 0 Å². The Labute approximate surface area is 105 Å². The van der Waals surface area contributed by atoms with Crippen molar-refractivity contribution in [2.45, 2.75) is 6.10 Å². The van der Waals surface area contributed by atoms with Gasteiger partial charge in [-0.1, -0.05) is 22.0 Å². The van der Waals surface area contributed by atoms with Crippen LogP contribution in [0.3, 0.4) is 0 Å². The second-order valence-electron chi connectivity index (χ2n) is 3.40. The first-order chi connectivity index (χ1) is 8.13. The highest BCUT2D eigenvalue weighted by molar-refractivity contribution is 9.09. The van der Waals surface area contributed by atoms with Crippen LogP contribution < -0.4 is 4.74 Å². The summed E-state index contributed by atoms with van der Waals surface area (Å²) in [7, 11) is 0. The first-order valence-electron chi connectivity index (χ1n) is 4.80. The number of halogens is 1. The number of para-hydroxylation sites is 1. The van der Waals surface area contributed by atoms with Crippen molar-refractivity contribution in [3.05, 3.63) is 33.9 Å². The number of hydrogen-bond donors (Lipinski definition) is 0. The van der Waals surface area contributed by atoms with E-state index >= 15 is 0 Å². The Bertz CT molecular complexity index is 476. The molecule has 90 valence electrons. The van der Waals surface area contributed by atoms with Crippen molar-refractivity contribution in [2.24, 2.45) is 0 Å². The average Bonchev–Trinajstić information content (AvgIpc) is 2.48. The molecule has 7 heteroatoms. The van der Waals surface area contributed by atoms with Crippen LogP contribution in [0.2, 0.25) is 0 Å². The minimum absolute atomic E-state index is 0.0223. The van der Waals surface area contributed by atoms with Gasteiger partial charge in [0.2, 0.25) is 5.75 Å². The van der Waals surface area contributed by atoms with Crippen molar-refractivity contribution in [1.29, 1.82) is 0 Å². The predicted molar refractivity (Wildman–Crippen MR) is 61.6 cm³/mol. The number of esters is 1. The molecule has 0 amide bonds. The molecule has 1 heterocycles. The largest absolute Gasteiger partial charge is 0.482 e. The smallest absolute Gasteiger partial charge is 0.342 e. The summed E-state index contributed by atoms with van der Waals surface area (Å²) < 4.78 is 10.4. The first-order valence-corrected chi connectivity index (χ1v) is 5.92. The molecule has 0 fully saturated rings. The number of nitrogens with zero attached hydrogens (tertiary/aromatic N) is 1. The molecular weight excluding hydrogens is 294 g/mol. The molecule has 2 rings (SSSR count). The van der Waals surface area contributed by atoms with Crippen LogP contribution in [0, 0.1) is 10.1 Å². The van der Waals surface area contributed by atoms with Crippen LogP contribution in [-0.4, -0.2) is 28.9 Å². The Morgan fingerprint density at radius 1 is 1.53 bits per heavy atom. The number of carbonyl (C=O) groups is 1. The van der Waals surface area contributed by atoms with Gasteiger partial charge in [-0.2, -0.15) is 0 Å². The number of ether oxygens (including phenoxy) is 2. The number of carbonyl (C=O) groups excluding carboxylic acids is 1. The lowest BCUT2D eigenvalue weighted by Gasteiger charge is -2.10. The molecule has 0 bridgehead atoms. The summed E-state index contributed by atoms with van der Waals surface area (Å²) in [6.45, 7) is 0.0921. The quantitative estimate of drug-likeness (QED) is 0.361. The van der Waals surface area contributed by atoms with Gasteiger partial charge < -0.3 is 9.47 Å². The highest BCUT2D eigenvalue weighted by atomic mass is 79.9. The van der Waals surface area contributed by atoms with Gasteiger partial charge in [0.15, 0.2) is 0 Å². The Kier molecular flexibility index (Phi) is 3.28. The molecule has 6 nitrogen and oxygen atoms in total. The maximum atomic E-state index is 11.7. The maximum absolute atomic E-state index is 11.7. The van der Waals surface area contributed by atoms with Crippen LogP contribution in [0.4, 0.5) is 5.69 Å². The zero-order valence-electron chi connectivity index (χ0n) is 8.59. The Morgan fingerprint density at radius 2 is 2.29 bits per heavy atom.